The molecule has 0 heterocycles. The molecule has 44 heavy (non-hydrogen) atoms. The second-order valence-electron chi connectivity index (χ2n) is 0. The molecule has 0 amide bonds. The van der Waals surface area contributed by atoms with Crippen molar-refractivity contribution in [3.63, 3.8) is 0 Å². The Morgan fingerprint density at radius 1 is 0.0909 bits per heavy atom. The van der Waals surface area contributed by atoms with E-state index in [9.17, 15) is 0 Å². The zero-order valence-electron chi connectivity index (χ0n) is 22.6. The molecule has 0 aromatic rings. The summed E-state index contributed by atoms with van der Waals surface area (Å²) in [6.07, 6.45) is 0. The topological polar surface area (TPSA) is 1040 Å². The van der Waals surface area contributed by atoms with Gasteiger partial charge in [0.2, 0.25) is 0 Å². The van der Waals surface area contributed by atoms with E-state index in [1.165, 1.54) is 0 Å². The van der Waals surface area contributed by atoms with E-state index in [2.05, 4.69) is 0 Å². The largest absolute Gasteiger partial charge is 2.00 e. The molecule has 0 aliphatic heterocycles. The van der Waals surface area contributed by atoms with Gasteiger partial charge in [0.25, 0.3) is 0 Å². The minimum atomic E-state index is 0. The Morgan fingerprint density at radius 2 is 0.0909 bits per heavy atom. The smallest absolute Gasteiger partial charge is 0 e. The van der Waals surface area contributed by atoms with Crippen molar-refractivity contribution >= 4 is 0 Å². The third-order valence-electron chi connectivity index (χ3n) is 0. The van der Waals surface area contributed by atoms with Crippen molar-refractivity contribution in [2.24, 2.45) is 0 Å². The van der Waals surface area contributed by atoms with E-state index in [0.717, 1.165) is 0 Å². The first-order chi connectivity index (χ1) is 0. The fourth-order valence-electron chi connectivity index (χ4n) is 0. The summed E-state index contributed by atoms with van der Waals surface area (Å²) in [5, 5.41) is 0. The van der Waals surface area contributed by atoms with Gasteiger partial charge in [-0.3, -0.25) is 0 Å². The van der Waals surface area contributed by atoms with Crippen LogP contribution in [0.3, 0.4) is 0 Å². The molecule has 322 valence electrons. The fraction of sp³-hybridized carbons (Fsp3) is 0. The standard InChI is InChI=1S/6H3N.8H2O.20O.10V/h6*1H3;8*1H2;;;;;;;;;;;;;;;;;;;;;;;;;;;;;;/q;;;;;;;;;;;;;;20*-2;;;;;;;;;;/p+6. The van der Waals surface area contributed by atoms with Gasteiger partial charge in [-0.05, 0) is 0 Å². The van der Waals surface area contributed by atoms with Gasteiger partial charge in [-0.2, -0.15) is 0 Å². The van der Waals surface area contributed by atoms with Crippen LogP contribution in [-0.4, -0.2) is 43.8 Å². The Kier molecular flexibility index (Phi) is 630000. The Hall–Kier alpha value is 4.48. The molecule has 0 bridgehead atoms. The summed E-state index contributed by atoms with van der Waals surface area (Å²) in [5.41, 5.74) is 0. The third-order valence-corrected chi connectivity index (χ3v) is 0. The molecule has 34 nitrogen and oxygen atoms in total. The summed E-state index contributed by atoms with van der Waals surface area (Å²) in [4.78, 5) is 0. The van der Waals surface area contributed by atoms with Crippen LogP contribution in [0.2, 0.25) is 0 Å². The van der Waals surface area contributed by atoms with Gasteiger partial charge in [0.15, 0.2) is 0 Å². The van der Waals surface area contributed by atoms with Crippen LogP contribution in [0.4, 0.5) is 0 Å². The van der Waals surface area contributed by atoms with Crippen molar-refractivity contribution in [1.29, 1.82) is 0 Å². The molecule has 10 radical (unpaired) electrons. The van der Waals surface area contributed by atoms with Gasteiger partial charge in [-0.1, -0.05) is 0 Å². The molecule has 0 rings (SSSR count). The van der Waals surface area contributed by atoms with E-state index in [4.69, 9.17) is 0 Å². The molecular formula is H40N6O28V10-34. The van der Waals surface area contributed by atoms with Crippen LogP contribution in [0.15, 0.2) is 0 Å². The van der Waals surface area contributed by atoms with Gasteiger partial charge in [0, 0.05) is 186 Å². The zero-order chi connectivity index (χ0) is 0. The van der Waals surface area contributed by atoms with Gasteiger partial charge >= 0.3 is 0 Å². The van der Waals surface area contributed by atoms with Crippen molar-refractivity contribution in [3.8, 4) is 0 Å². The van der Waals surface area contributed by atoms with Crippen LogP contribution in [0.25, 0.3) is 0 Å². The molecule has 0 saturated heterocycles. The average molecular weight is 1080 g/mol. The maximum atomic E-state index is 0. The van der Waals surface area contributed by atoms with Crippen LogP contribution < -0.4 is 36.9 Å². The minimum Gasteiger partial charge on any atom is -2.00 e. The molecule has 0 aromatic carbocycles. The summed E-state index contributed by atoms with van der Waals surface area (Å²) in [6.45, 7) is 0. The molecule has 40 N–H and O–H groups in total. The van der Waals surface area contributed by atoms with Crippen molar-refractivity contribution in [2.75, 3.05) is 0 Å². The quantitative estimate of drug-likeness (QED) is 0.132. The summed E-state index contributed by atoms with van der Waals surface area (Å²) < 4.78 is 0. The molecule has 0 atom stereocenters. The van der Waals surface area contributed by atoms with Crippen molar-refractivity contribution < 1.29 is 339 Å². The van der Waals surface area contributed by atoms with E-state index in [-0.39, 0.29) is 376 Å². The molecule has 0 aliphatic rings. The summed E-state index contributed by atoms with van der Waals surface area (Å²) in [5.74, 6) is 0. The van der Waals surface area contributed by atoms with Gasteiger partial charge < -0.3 is 190 Å². The number of quaternary nitrogens is 6. The number of hydrogen-bond acceptors (Lipinski definition) is 0. The Morgan fingerprint density at radius 3 is 0.0909 bits per heavy atom. The van der Waals surface area contributed by atoms with Crippen LogP contribution in [0.1, 0.15) is 0 Å². The second-order valence-corrected chi connectivity index (χ2v) is 0. The Bertz CT molecular complexity index is 56.9. The Labute approximate surface area is 372 Å². The SMILES string of the molecule is O.O.O.O.O.O.O.O.[NH4+].[NH4+].[NH4+].[NH4+].[NH4+].[NH4+].[O-2].[O-2].[O-2].[O-2].[O-2].[O-2].[O-2].[O-2].[O-2].[O-2].[O-2].[O-2].[O-2].[O-2].[O-2].[O-2].[O-2].[O-2].[O-2].[O-2].[V].[V].[V].[V].[V].[V].[V].[V].[V].[V]. The van der Waals surface area contributed by atoms with Crippen LogP contribution >= 0.6 is 0 Å². The maximum Gasteiger partial charge on any atom is 0 e. The van der Waals surface area contributed by atoms with E-state index in [1.54, 1.807) is 0 Å². The second kappa shape index (κ2) is 5100. The van der Waals surface area contributed by atoms with Crippen molar-refractivity contribution in [2.45, 2.75) is 0 Å². The summed E-state index contributed by atoms with van der Waals surface area (Å²) >= 11 is 0. The number of rotatable bonds is 0. The predicted octanol–water partition coefficient (Wildman–Crippen LogP) is -6.74. The molecule has 0 saturated carbocycles. The first-order valence-corrected chi connectivity index (χ1v) is 0. The van der Waals surface area contributed by atoms with Gasteiger partial charge in [0.1, 0.15) is 0 Å². The summed E-state index contributed by atoms with van der Waals surface area (Å²) in [6, 6.07) is 0. The van der Waals surface area contributed by atoms with Crippen molar-refractivity contribution in [3.05, 3.63) is 0 Å². The average Bonchev–Trinajstić information content (AvgIpc) is 0. The van der Waals surface area contributed by atoms with E-state index >= 15 is 0 Å². The monoisotopic (exact) mass is 1080 g/mol. The molecule has 0 aliphatic carbocycles. The van der Waals surface area contributed by atoms with Crippen LogP contribution in [0, 0.1) is 0 Å². The molecule has 44 heteroatoms. The van der Waals surface area contributed by atoms with Crippen LogP contribution in [-0.2, 0) is 295 Å². The number of hydrogen-bond donors (Lipinski definition) is 6. The normalized spacial score (nSPS) is 0. The zero-order valence-corrected chi connectivity index (χ0v) is 36.6. The molecule has 0 spiro atoms. The van der Waals surface area contributed by atoms with Crippen LogP contribution in [0.5, 0.6) is 0 Å². The van der Waals surface area contributed by atoms with Crippen molar-refractivity contribution in [1.82, 2.24) is 36.9 Å². The molecule has 0 fully saturated rings. The Balaban J connectivity index is 0. The predicted molar refractivity (Wildman–Crippen MR) is 78.5 cm³/mol. The van der Waals surface area contributed by atoms with E-state index < -0.39 is 0 Å². The first kappa shape index (κ1) is 5440. The molecule has 0 unspecified atom stereocenters. The van der Waals surface area contributed by atoms with E-state index in [0.29, 0.717) is 0 Å². The summed E-state index contributed by atoms with van der Waals surface area (Å²) in [7, 11) is 0. The third kappa shape index (κ3) is 4780. The van der Waals surface area contributed by atoms with Gasteiger partial charge in [0.05, 0.1) is 0 Å². The minimum absolute atomic E-state index is 0. The first-order valence-electron chi connectivity index (χ1n) is 0. The van der Waals surface area contributed by atoms with E-state index in [1.807, 2.05) is 0 Å². The molecular weight excluding hydrogens is 1040 g/mol. The van der Waals surface area contributed by atoms with Gasteiger partial charge in [-0.15, -0.1) is 0 Å². The van der Waals surface area contributed by atoms with Gasteiger partial charge in [-0.25, -0.2) is 0 Å². The molecule has 0 aromatic heterocycles. The maximum absolute atomic E-state index is 0. The fourth-order valence-corrected chi connectivity index (χ4v) is 0.